The van der Waals surface area contributed by atoms with E-state index in [-0.39, 0.29) is 4.32 Å². The van der Waals surface area contributed by atoms with Gasteiger partial charge in [-0.3, -0.25) is 9.69 Å². The molecule has 1 N–H and O–H groups in total. The van der Waals surface area contributed by atoms with E-state index < -0.39 is 17.9 Å². The van der Waals surface area contributed by atoms with E-state index in [4.69, 9.17) is 17.0 Å². The Morgan fingerprint density at radius 2 is 1.97 bits per heavy atom. The molecule has 8 heteroatoms. The zero-order valence-corrected chi connectivity index (χ0v) is 17.4. The highest BCUT2D eigenvalue weighted by atomic mass is 32.2. The highest BCUT2D eigenvalue weighted by molar-refractivity contribution is 8.26. The number of methoxy groups -OCH3 is 1. The molecule has 1 fully saturated rings. The van der Waals surface area contributed by atoms with Crippen LogP contribution in [0.15, 0.2) is 65.6 Å². The molecule has 30 heavy (non-hydrogen) atoms. The molecule has 1 atom stereocenters. The topological polar surface area (TPSA) is 79.7 Å². The van der Waals surface area contributed by atoms with Gasteiger partial charge >= 0.3 is 5.97 Å². The van der Waals surface area contributed by atoms with E-state index in [1.165, 1.54) is 0 Å². The molecule has 1 aliphatic heterocycles. The number of amides is 1. The molecule has 2 aromatic carbocycles. The maximum absolute atomic E-state index is 13.0. The van der Waals surface area contributed by atoms with Crippen molar-refractivity contribution in [3.8, 4) is 5.75 Å². The first-order chi connectivity index (χ1) is 14.5. The molecule has 0 spiro atoms. The maximum atomic E-state index is 13.0. The maximum Gasteiger partial charge on any atom is 0.331 e. The molecule has 0 aliphatic carbocycles. The molecular formula is C22H16N2O4S2. The molecule has 0 saturated carbocycles. The van der Waals surface area contributed by atoms with Gasteiger partial charge in [0, 0.05) is 5.39 Å². The number of carbonyl (C=O) groups is 2. The molecule has 1 amide bonds. The number of carbonyl (C=O) groups excluding carboxylic acids is 1. The summed E-state index contributed by atoms with van der Waals surface area (Å²) < 4.78 is 5.42. The molecule has 6 nitrogen and oxygen atoms in total. The second-order valence-corrected chi connectivity index (χ2v) is 8.17. The minimum atomic E-state index is -1.18. The van der Waals surface area contributed by atoms with Crippen LogP contribution in [0.1, 0.15) is 17.3 Å². The average molecular weight is 437 g/mol. The number of hydrogen-bond acceptors (Lipinski definition) is 6. The molecule has 0 bridgehead atoms. The molecule has 150 valence electrons. The van der Waals surface area contributed by atoms with Crippen molar-refractivity contribution >= 4 is 57.2 Å². The van der Waals surface area contributed by atoms with E-state index in [1.54, 1.807) is 49.6 Å². The lowest BCUT2D eigenvalue weighted by atomic mass is 10.1. The van der Waals surface area contributed by atoms with Gasteiger partial charge < -0.3 is 9.84 Å². The third-order valence-electron chi connectivity index (χ3n) is 4.63. The van der Waals surface area contributed by atoms with Crippen LogP contribution in [0, 0.1) is 0 Å². The van der Waals surface area contributed by atoms with Crippen molar-refractivity contribution in [3.05, 3.63) is 76.8 Å². The van der Waals surface area contributed by atoms with Crippen molar-refractivity contribution in [1.82, 2.24) is 9.88 Å². The Bertz CT molecular complexity index is 1190. The molecule has 1 saturated heterocycles. The Morgan fingerprint density at radius 1 is 1.20 bits per heavy atom. The SMILES string of the molecule is COc1ccc2nc(C=C3SC(=S)N(C(C(=O)O)c4ccccc4)C3=O)ccc2c1. The van der Waals surface area contributed by atoms with E-state index in [9.17, 15) is 14.7 Å². The van der Waals surface area contributed by atoms with Crippen LogP contribution in [0.2, 0.25) is 0 Å². The predicted molar refractivity (Wildman–Crippen MR) is 120 cm³/mol. The van der Waals surface area contributed by atoms with Gasteiger partial charge in [-0.15, -0.1) is 0 Å². The Hall–Kier alpha value is -3.23. The standard InChI is InChI=1S/C22H16N2O4S2/c1-28-16-9-10-17-14(11-16)7-8-15(23-17)12-18-20(25)24(22(29)30-18)19(21(26)27)13-5-3-2-4-6-13/h2-12,19H,1H3,(H,26,27). The summed E-state index contributed by atoms with van der Waals surface area (Å²) in [6.07, 6.45) is 1.63. The van der Waals surface area contributed by atoms with Gasteiger partial charge in [0.25, 0.3) is 5.91 Å². The number of fused-ring (bicyclic) bond motifs is 1. The minimum Gasteiger partial charge on any atom is -0.497 e. The lowest BCUT2D eigenvalue weighted by molar-refractivity contribution is -0.145. The molecule has 3 aromatic rings. The summed E-state index contributed by atoms with van der Waals surface area (Å²) in [5.74, 6) is -0.854. The molecule has 2 heterocycles. The fourth-order valence-corrected chi connectivity index (χ4v) is 4.50. The second kappa shape index (κ2) is 8.25. The Balaban J connectivity index is 1.67. The van der Waals surface area contributed by atoms with E-state index in [0.29, 0.717) is 16.2 Å². The first-order valence-corrected chi connectivity index (χ1v) is 10.2. The largest absolute Gasteiger partial charge is 0.497 e. The van der Waals surface area contributed by atoms with Crippen LogP contribution in [-0.2, 0) is 9.59 Å². The summed E-state index contributed by atoms with van der Waals surface area (Å²) in [5, 5.41) is 10.7. The van der Waals surface area contributed by atoms with Gasteiger partial charge in [0.15, 0.2) is 6.04 Å². The summed E-state index contributed by atoms with van der Waals surface area (Å²) in [4.78, 5) is 31.0. The van der Waals surface area contributed by atoms with Crippen LogP contribution in [-0.4, -0.2) is 38.3 Å². The number of hydrogen-bond donors (Lipinski definition) is 1. The normalized spacial score (nSPS) is 16.3. The van der Waals surface area contributed by atoms with E-state index >= 15 is 0 Å². The van der Waals surface area contributed by atoms with Crippen LogP contribution >= 0.6 is 24.0 Å². The monoisotopic (exact) mass is 436 g/mol. The Kier molecular flexibility index (Phi) is 5.52. The predicted octanol–water partition coefficient (Wildman–Crippen LogP) is 4.27. The lowest BCUT2D eigenvalue weighted by Gasteiger charge is -2.23. The zero-order valence-electron chi connectivity index (χ0n) is 15.8. The van der Waals surface area contributed by atoms with Gasteiger partial charge in [0.2, 0.25) is 0 Å². The minimum absolute atomic E-state index is 0.202. The zero-order chi connectivity index (χ0) is 21.3. The van der Waals surface area contributed by atoms with Crippen LogP contribution < -0.4 is 4.74 Å². The van der Waals surface area contributed by atoms with E-state index in [2.05, 4.69) is 4.98 Å². The number of thioether (sulfide) groups is 1. The number of pyridine rings is 1. The van der Waals surface area contributed by atoms with Crippen molar-refractivity contribution in [2.75, 3.05) is 7.11 Å². The second-order valence-electron chi connectivity index (χ2n) is 6.50. The van der Waals surface area contributed by atoms with Gasteiger partial charge in [-0.1, -0.05) is 60.4 Å². The summed E-state index contributed by atoms with van der Waals surface area (Å²) in [6.45, 7) is 0. The number of nitrogens with zero attached hydrogens (tertiary/aromatic N) is 2. The number of rotatable bonds is 5. The van der Waals surface area contributed by atoms with Gasteiger partial charge in [0.1, 0.15) is 10.1 Å². The van der Waals surface area contributed by atoms with Gasteiger partial charge in [-0.2, -0.15) is 0 Å². The summed E-state index contributed by atoms with van der Waals surface area (Å²) in [5.41, 5.74) is 1.83. The summed E-state index contributed by atoms with van der Waals surface area (Å²) in [6, 6.07) is 16.6. The van der Waals surface area contributed by atoms with Crippen molar-refractivity contribution in [3.63, 3.8) is 0 Å². The number of aliphatic carboxylic acids is 1. The average Bonchev–Trinajstić information content (AvgIpc) is 3.02. The number of ether oxygens (including phenoxy) is 1. The summed E-state index contributed by atoms with van der Waals surface area (Å²) >= 11 is 6.41. The number of benzene rings is 2. The molecular weight excluding hydrogens is 420 g/mol. The first kappa shape index (κ1) is 20.1. The third kappa shape index (κ3) is 3.79. The fraction of sp³-hybridized carbons (Fsp3) is 0.0909. The van der Waals surface area contributed by atoms with Crippen LogP contribution in [0.4, 0.5) is 0 Å². The molecule has 4 rings (SSSR count). The van der Waals surface area contributed by atoms with E-state index in [0.717, 1.165) is 33.3 Å². The smallest absolute Gasteiger partial charge is 0.331 e. The van der Waals surface area contributed by atoms with Gasteiger partial charge in [0.05, 0.1) is 23.2 Å². The molecule has 0 radical (unpaired) electrons. The number of carboxylic acid groups (broad SMARTS) is 1. The third-order valence-corrected chi connectivity index (χ3v) is 5.96. The van der Waals surface area contributed by atoms with E-state index in [1.807, 2.05) is 24.3 Å². The van der Waals surface area contributed by atoms with Crippen LogP contribution in [0.3, 0.4) is 0 Å². The number of thiocarbonyl (C=S) groups is 1. The quantitative estimate of drug-likeness (QED) is 0.473. The van der Waals surface area contributed by atoms with Gasteiger partial charge in [-0.25, -0.2) is 9.78 Å². The Morgan fingerprint density at radius 3 is 2.67 bits per heavy atom. The highest BCUT2D eigenvalue weighted by Gasteiger charge is 2.41. The molecule has 1 aliphatic rings. The van der Waals surface area contributed by atoms with Gasteiger partial charge in [-0.05, 0) is 35.9 Å². The lowest BCUT2D eigenvalue weighted by Crippen LogP contribution is -2.37. The van der Waals surface area contributed by atoms with Crippen molar-refractivity contribution in [2.24, 2.45) is 0 Å². The van der Waals surface area contributed by atoms with Crippen LogP contribution in [0.25, 0.3) is 17.0 Å². The number of carboxylic acids is 1. The highest BCUT2D eigenvalue weighted by Crippen LogP contribution is 2.38. The van der Waals surface area contributed by atoms with Crippen molar-refractivity contribution in [2.45, 2.75) is 6.04 Å². The molecule has 1 unspecified atom stereocenters. The van der Waals surface area contributed by atoms with Crippen molar-refractivity contribution < 1.29 is 19.4 Å². The molecule has 1 aromatic heterocycles. The summed E-state index contributed by atoms with van der Waals surface area (Å²) in [7, 11) is 1.60. The van der Waals surface area contributed by atoms with Crippen molar-refractivity contribution in [1.29, 1.82) is 0 Å². The Labute approximate surface area is 182 Å². The van der Waals surface area contributed by atoms with Crippen LogP contribution in [0.5, 0.6) is 5.75 Å². The number of aromatic nitrogens is 1. The first-order valence-electron chi connectivity index (χ1n) is 8.97. The fourth-order valence-electron chi connectivity index (χ4n) is 3.20.